The van der Waals surface area contributed by atoms with Crippen LogP contribution in [-0.2, 0) is 14.3 Å². The van der Waals surface area contributed by atoms with Crippen LogP contribution in [0.5, 0.6) is 0 Å². The smallest absolute Gasteiger partial charge is 0.408 e. The molecule has 2 aromatic rings. The number of alkyl carbamates (subject to hydrolysis) is 1. The van der Waals surface area contributed by atoms with Crippen molar-refractivity contribution < 1.29 is 24.2 Å². The summed E-state index contributed by atoms with van der Waals surface area (Å²) in [5, 5.41) is 11.6. The Morgan fingerprint density at radius 1 is 1.10 bits per heavy atom. The number of aliphatic carboxylic acids is 1. The van der Waals surface area contributed by atoms with Gasteiger partial charge in [0.25, 0.3) is 0 Å². The topological polar surface area (TPSA) is 95.9 Å². The molecule has 0 spiro atoms. The lowest BCUT2D eigenvalue weighted by atomic mass is 9.98. The molecule has 0 atom stereocenters. The summed E-state index contributed by atoms with van der Waals surface area (Å²) in [6.45, 7) is 6.25. The Bertz CT molecular complexity index is 969. The number of benzene rings is 2. The second kappa shape index (κ2) is 9.04. The molecule has 0 aliphatic heterocycles. The van der Waals surface area contributed by atoms with E-state index in [2.05, 4.69) is 11.9 Å². The van der Waals surface area contributed by atoms with Crippen LogP contribution in [0.15, 0.2) is 61.2 Å². The minimum Gasteiger partial charge on any atom is -0.480 e. The molecule has 0 bridgehead atoms. The predicted molar refractivity (Wildman–Crippen MR) is 117 cm³/mol. The molecule has 31 heavy (non-hydrogen) atoms. The molecule has 3 rings (SSSR count). The maximum Gasteiger partial charge on any atom is 0.408 e. The highest BCUT2D eigenvalue weighted by atomic mass is 16.5. The lowest BCUT2D eigenvalue weighted by molar-refractivity contribution is -0.146. The molecular weight excluding hydrogens is 396 g/mol. The van der Waals surface area contributed by atoms with Gasteiger partial charge in [0.05, 0.1) is 0 Å². The zero-order chi connectivity index (χ0) is 22.6. The number of rotatable bonds is 8. The van der Waals surface area contributed by atoms with E-state index in [0.29, 0.717) is 0 Å². The van der Waals surface area contributed by atoms with Crippen LogP contribution in [0.1, 0.15) is 30.9 Å². The zero-order valence-corrected chi connectivity index (χ0v) is 17.6. The SMILES string of the molecule is C=CCN(CC(=O)O)C(=O)C(C)(C)NC(=O)OCC1c2ccccc2-c2ccccc21. The first-order valence-electron chi connectivity index (χ1n) is 10.00. The number of amides is 2. The van der Waals surface area contributed by atoms with Crippen molar-refractivity contribution in [2.45, 2.75) is 25.3 Å². The van der Waals surface area contributed by atoms with Gasteiger partial charge in [0.15, 0.2) is 0 Å². The molecule has 0 saturated heterocycles. The second-order valence-electron chi connectivity index (χ2n) is 7.94. The zero-order valence-electron chi connectivity index (χ0n) is 17.6. The van der Waals surface area contributed by atoms with E-state index in [1.807, 2.05) is 48.5 Å². The Balaban J connectivity index is 1.68. The lowest BCUT2D eigenvalue weighted by Crippen LogP contribution is -2.57. The molecule has 0 saturated carbocycles. The third kappa shape index (κ3) is 4.77. The Kier molecular flexibility index (Phi) is 6.44. The van der Waals surface area contributed by atoms with Gasteiger partial charge in [-0.2, -0.15) is 0 Å². The summed E-state index contributed by atoms with van der Waals surface area (Å²) in [5.74, 6) is -1.78. The van der Waals surface area contributed by atoms with E-state index in [1.54, 1.807) is 0 Å². The highest BCUT2D eigenvalue weighted by molar-refractivity contribution is 5.91. The van der Waals surface area contributed by atoms with Gasteiger partial charge < -0.3 is 20.1 Å². The molecule has 0 radical (unpaired) electrons. The van der Waals surface area contributed by atoms with Gasteiger partial charge in [0, 0.05) is 12.5 Å². The van der Waals surface area contributed by atoms with Gasteiger partial charge in [-0.3, -0.25) is 9.59 Å². The first-order chi connectivity index (χ1) is 14.7. The van der Waals surface area contributed by atoms with E-state index in [9.17, 15) is 14.4 Å². The second-order valence-corrected chi connectivity index (χ2v) is 7.94. The van der Waals surface area contributed by atoms with E-state index in [1.165, 1.54) is 19.9 Å². The molecule has 1 aliphatic carbocycles. The first-order valence-corrected chi connectivity index (χ1v) is 10.00. The minimum atomic E-state index is -1.35. The van der Waals surface area contributed by atoms with Crippen molar-refractivity contribution in [1.82, 2.24) is 10.2 Å². The quantitative estimate of drug-likeness (QED) is 0.636. The molecule has 0 fully saturated rings. The van der Waals surface area contributed by atoms with Crippen LogP contribution in [0.4, 0.5) is 4.79 Å². The van der Waals surface area contributed by atoms with Crippen molar-refractivity contribution in [2.75, 3.05) is 19.7 Å². The fraction of sp³-hybridized carbons (Fsp3) is 0.292. The van der Waals surface area contributed by atoms with E-state index in [0.717, 1.165) is 27.2 Å². The summed E-state index contributed by atoms with van der Waals surface area (Å²) < 4.78 is 5.49. The number of carboxylic acid groups (broad SMARTS) is 1. The van der Waals surface area contributed by atoms with Crippen molar-refractivity contribution in [3.05, 3.63) is 72.3 Å². The molecule has 7 heteroatoms. The number of carbonyl (C=O) groups is 3. The third-order valence-electron chi connectivity index (χ3n) is 5.26. The predicted octanol–water partition coefficient (Wildman–Crippen LogP) is 3.40. The Labute approximate surface area is 181 Å². The van der Waals surface area contributed by atoms with E-state index >= 15 is 0 Å². The van der Waals surface area contributed by atoms with Gasteiger partial charge in [-0.05, 0) is 36.1 Å². The molecule has 0 aromatic heterocycles. The average molecular weight is 422 g/mol. The monoisotopic (exact) mass is 422 g/mol. The van der Waals surface area contributed by atoms with Crippen LogP contribution in [0.3, 0.4) is 0 Å². The van der Waals surface area contributed by atoms with E-state index in [4.69, 9.17) is 9.84 Å². The van der Waals surface area contributed by atoms with Crippen LogP contribution in [0.25, 0.3) is 11.1 Å². The van der Waals surface area contributed by atoms with Crippen molar-refractivity contribution >= 4 is 18.0 Å². The summed E-state index contributed by atoms with van der Waals surface area (Å²) in [7, 11) is 0. The standard InChI is InChI=1S/C24H26N2O5/c1-4-13-26(14-21(27)28)22(29)24(2,3)25-23(30)31-15-20-18-11-7-5-9-16(18)17-10-6-8-12-19(17)20/h4-12,20H,1,13-15H2,2-3H3,(H,25,30)(H,27,28). The number of carboxylic acids is 1. The molecule has 0 unspecified atom stereocenters. The van der Waals surface area contributed by atoms with Crippen LogP contribution < -0.4 is 5.32 Å². The number of hydrogen-bond donors (Lipinski definition) is 2. The Morgan fingerprint density at radius 3 is 2.16 bits per heavy atom. The van der Waals surface area contributed by atoms with Crippen molar-refractivity contribution in [3.8, 4) is 11.1 Å². The molecule has 2 N–H and O–H groups in total. The molecule has 2 amide bonds. The molecule has 2 aromatic carbocycles. The normalized spacial score (nSPS) is 12.5. The molecule has 1 aliphatic rings. The molecule has 0 heterocycles. The fourth-order valence-corrected chi connectivity index (χ4v) is 3.88. The summed E-state index contributed by atoms with van der Waals surface area (Å²) in [4.78, 5) is 37.4. The van der Waals surface area contributed by atoms with Gasteiger partial charge in [-0.15, -0.1) is 6.58 Å². The number of nitrogens with zero attached hydrogens (tertiary/aromatic N) is 1. The number of carbonyl (C=O) groups excluding carboxylic acids is 2. The van der Waals surface area contributed by atoms with Crippen LogP contribution >= 0.6 is 0 Å². The first kappa shape index (κ1) is 22.1. The largest absolute Gasteiger partial charge is 0.480 e. The lowest BCUT2D eigenvalue weighted by Gasteiger charge is -2.31. The Morgan fingerprint density at radius 2 is 1.65 bits per heavy atom. The molecule has 162 valence electrons. The van der Waals surface area contributed by atoms with Crippen molar-refractivity contribution in [2.24, 2.45) is 0 Å². The van der Waals surface area contributed by atoms with Gasteiger partial charge in [0.1, 0.15) is 18.7 Å². The van der Waals surface area contributed by atoms with Gasteiger partial charge in [-0.25, -0.2) is 4.79 Å². The highest BCUT2D eigenvalue weighted by Crippen LogP contribution is 2.44. The van der Waals surface area contributed by atoms with Gasteiger partial charge in [0.2, 0.25) is 5.91 Å². The fourth-order valence-electron chi connectivity index (χ4n) is 3.88. The molecule has 7 nitrogen and oxygen atoms in total. The maximum atomic E-state index is 12.8. The van der Waals surface area contributed by atoms with Crippen molar-refractivity contribution in [3.63, 3.8) is 0 Å². The van der Waals surface area contributed by atoms with E-state index < -0.39 is 30.1 Å². The minimum absolute atomic E-state index is 0.0565. The number of ether oxygens (including phenoxy) is 1. The highest BCUT2D eigenvalue weighted by Gasteiger charge is 2.35. The molecular formula is C24H26N2O5. The number of fused-ring (bicyclic) bond motifs is 3. The number of hydrogen-bond acceptors (Lipinski definition) is 4. The van der Waals surface area contributed by atoms with Crippen LogP contribution in [-0.4, -0.2) is 53.2 Å². The van der Waals surface area contributed by atoms with Crippen molar-refractivity contribution in [1.29, 1.82) is 0 Å². The summed E-state index contributed by atoms with van der Waals surface area (Å²) in [6, 6.07) is 16.0. The van der Waals surface area contributed by atoms with Crippen LogP contribution in [0, 0.1) is 0 Å². The third-order valence-corrected chi connectivity index (χ3v) is 5.26. The maximum absolute atomic E-state index is 12.8. The van der Waals surface area contributed by atoms with E-state index in [-0.39, 0.29) is 19.1 Å². The van der Waals surface area contributed by atoms with Gasteiger partial charge in [-0.1, -0.05) is 54.6 Å². The Hall–Kier alpha value is -3.61. The van der Waals surface area contributed by atoms with Gasteiger partial charge >= 0.3 is 12.1 Å². The summed E-state index contributed by atoms with van der Waals surface area (Å²) in [5.41, 5.74) is 3.07. The summed E-state index contributed by atoms with van der Waals surface area (Å²) >= 11 is 0. The number of nitrogens with one attached hydrogen (secondary N) is 1. The average Bonchev–Trinajstić information content (AvgIpc) is 3.04. The van der Waals surface area contributed by atoms with Crippen LogP contribution in [0.2, 0.25) is 0 Å². The summed E-state index contributed by atoms with van der Waals surface area (Å²) in [6.07, 6.45) is 0.693.